The van der Waals surface area contributed by atoms with E-state index in [9.17, 15) is 0 Å². The van der Waals surface area contributed by atoms with Crippen LogP contribution in [0.5, 0.6) is 5.75 Å². The van der Waals surface area contributed by atoms with Crippen molar-refractivity contribution in [2.24, 2.45) is 0 Å². The minimum atomic E-state index is -1.33. The van der Waals surface area contributed by atoms with Crippen LogP contribution < -0.4 is 4.52 Å². The van der Waals surface area contributed by atoms with Crippen molar-refractivity contribution in [2.45, 2.75) is 112 Å². The molecule has 0 N–H and O–H groups in total. The maximum atomic E-state index is 6.24. The van der Waals surface area contributed by atoms with Crippen LogP contribution in [0.2, 0.25) is 0 Å². The summed E-state index contributed by atoms with van der Waals surface area (Å²) >= 11 is 0. The van der Waals surface area contributed by atoms with Gasteiger partial charge in [0.2, 0.25) is 0 Å². The molecule has 0 amide bonds. The van der Waals surface area contributed by atoms with E-state index in [1.165, 1.54) is 69.8 Å². The minimum Gasteiger partial charge on any atom is -0.426 e. The average Bonchev–Trinajstić information content (AvgIpc) is 2.68. The smallest absolute Gasteiger partial charge is 0.397 e. The summed E-state index contributed by atoms with van der Waals surface area (Å²) in [5, 5.41) is 0. The van der Waals surface area contributed by atoms with Gasteiger partial charge in [0.15, 0.2) is 0 Å². The van der Waals surface area contributed by atoms with E-state index in [0.29, 0.717) is 0 Å². The van der Waals surface area contributed by atoms with Gasteiger partial charge < -0.3 is 13.6 Å². The molecule has 0 aliphatic heterocycles. The zero-order chi connectivity index (χ0) is 21.3. The molecule has 1 aromatic rings. The summed E-state index contributed by atoms with van der Waals surface area (Å²) in [6, 6.07) is 4.33. The highest BCUT2D eigenvalue weighted by Gasteiger charge is 2.18. The second-order valence-electron chi connectivity index (χ2n) is 8.24. The molecular formula is C25H45O3P. The molecule has 0 saturated carbocycles. The summed E-state index contributed by atoms with van der Waals surface area (Å²) in [4.78, 5) is 0. The molecule has 168 valence electrons. The van der Waals surface area contributed by atoms with E-state index in [1.807, 2.05) is 0 Å². The van der Waals surface area contributed by atoms with Crippen molar-refractivity contribution < 1.29 is 13.6 Å². The fourth-order valence-corrected chi connectivity index (χ4v) is 4.69. The van der Waals surface area contributed by atoms with Crippen LogP contribution in [-0.2, 0) is 9.05 Å². The van der Waals surface area contributed by atoms with Crippen LogP contribution in [0.4, 0.5) is 0 Å². The average molecular weight is 425 g/mol. The lowest BCUT2D eigenvalue weighted by atomic mass is 10.1. The van der Waals surface area contributed by atoms with E-state index in [1.54, 1.807) is 0 Å². The van der Waals surface area contributed by atoms with Gasteiger partial charge in [-0.05, 0) is 44.7 Å². The fourth-order valence-electron chi connectivity index (χ4n) is 3.52. The second kappa shape index (κ2) is 17.1. The number of hydrogen-bond acceptors (Lipinski definition) is 3. The number of hydrogen-bond donors (Lipinski definition) is 0. The Kier molecular flexibility index (Phi) is 15.6. The normalized spacial score (nSPS) is 11.4. The predicted molar refractivity (Wildman–Crippen MR) is 127 cm³/mol. The molecule has 0 aliphatic rings. The van der Waals surface area contributed by atoms with E-state index in [-0.39, 0.29) is 0 Å². The van der Waals surface area contributed by atoms with Gasteiger partial charge in [-0.3, -0.25) is 0 Å². The third-order valence-electron chi connectivity index (χ3n) is 5.16. The Labute approximate surface area is 181 Å². The van der Waals surface area contributed by atoms with Gasteiger partial charge in [-0.2, -0.15) is 0 Å². The topological polar surface area (TPSA) is 27.7 Å². The summed E-state index contributed by atoms with van der Waals surface area (Å²) in [5.41, 5.74) is 3.57. The second-order valence-corrected chi connectivity index (χ2v) is 9.39. The summed E-state index contributed by atoms with van der Waals surface area (Å²) in [7, 11) is -1.33. The quantitative estimate of drug-likeness (QED) is 0.174. The molecule has 0 aliphatic carbocycles. The zero-order valence-corrected chi connectivity index (χ0v) is 20.6. The lowest BCUT2D eigenvalue weighted by Crippen LogP contribution is -2.03. The molecule has 4 heteroatoms. The number of rotatable bonds is 18. The Morgan fingerprint density at radius 1 is 0.621 bits per heavy atom. The highest BCUT2D eigenvalue weighted by molar-refractivity contribution is 7.42. The maximum Gasteiger partial charge on any atom is 0.397 e. The number of unbranched alkanes of at least 4 members (excludes halogenated alkanes) is 10. The fraction of sp³-hybridized carbons (Fsp3) is 0.760. The van der Waals surface area contributed by atoms with Crippen molar-refractivity contribution in [3.63, 3.8) is 0 Å². The standard InChI is InChI=1S/C25H45O3P/c1-6-8-10-12-14-16-18-26-29(27-19-17-15-13-11-9-7-2)28-25-23(4)20-22(3)21-24(25)5/h20-21H,6-19H2,1-5H3. The van der Waals surface area contributed by atoms with Crippen molar-refractivity contribution >= 4 is 8.60 Å². The van der Waals surface area contributed by atoms with Gasteiger partial charge >= 0.3 is 8.60 Å². The Morgan fingerprint density at radius 3 is 1.48 bits per heavy atom. The molecule has 0 unspecified atom stereocenters. The SMILES string of the molecule is CCCCCCCCOP(OCCCCCCCC)Oc1c(C)cc(C)cc1C. The van der Waals surface area contributed by atoms with E-state index in [2.05, 4.69) is 46.8 Å². The van der Waals surface area contributed by atoms with Gasteiger partial charge in [-0.25, -0.2) is 0 Å². The highest BCUT2D eigenvalue weighted by atomic mass is 31.2. The molecule has 1 aromatic carbocycles. The lowest BCUT2D eigenvalue weighted by molar-refractivity contribution is 0.198. The molecule has 0 bridgehead atoms. The van der Waals surface area contributed by atoms with Crippen LogP contribution in [0.1, 0.15) is 108 Å². The maximum absolute atomic E-state index is 6.24. The van der Waals surface area contributed by atoms with Crippen LogP contribution in [0.25, 0.3) is 0 Å². The van der Waals surface area contributed by atoms with Crippen LogP contribution in [-0.4, -0.2) is 13.2 Å². The minimum absolute atomic E-state index is 0.721. The summed E-state index contributed by atoms with van der Waals surface area (Å²) < 4.78 is 18.4. The van der Waals surface area contributed by atoms with Crippen molar-refractivity contribution in [2.75, 3.05) is 13.2 Å². The lowest BCUT2D eigenvalue weighted by Gasteiger charge is -2.20. The summed E-state index contributed by atoms with van der Waals surface area (Å²) in [5.74, 6) is 0.924. The first-order valence-electron chi connectivity index (χ1n) is 11.9. The van der Waals surface area contributed by atoms with Crippen molar-refractivity contribution in [3.05, 3.63) is 28.8 Å². The Morgan fingerprint density at radius 2 is 1.03 bits per heavy atom. The third-order valence-corrected chi connectivity index (χ3v) is 6.28. The first kappa shape index (κ1) is 26.4. The van der Waals surface area contributed by atoms with Crippen molar-refractivity contribution in [1.82, 2.24) is 0 Å². The van der Waals surface area contributed by atoms with Gasteiger partial charge in [0, 0.05) is 0 Å². The van der Waals surface area contributed by atoms with E-state index < -0.39 is 8.60 Å². The van der Waals surface area contributed by atoms with Crippen LogP contribution in [0.15, 0.2) is 12.1 Å². The Hall–Kier alpha value is -0.630. The van der Waals surface area contributed by atoms with E-state index >= 15 is 0 Å². The summed E-state index contributed by atoms with van der Waals surface area (Å²) in [6.07, 6.45) is 15.1. The molecule has 0 heterocycles. The number of benzene rings is 1. The number of aryl methyl sites for hydroxylation is 3. The first-order chi connectivity index (χ1) is 14.1. The molecule has 0 saturated heterocycles. The molecule has 0 spiro atoms. The molecule has 0 fully saturated rings. The van der Waals surface area contributed by atoms with Crippen LogP contribution >= 0.6 is 8.60 Å². The highest BCUT2D eigenvalue weighted by Crippen LogP contribution is 2.43. The van der Waals surface area contributed by atoms with Crippen molar-refractivity contribution in [3.8, 4) is 5.75 Å². The zero-order valence-electron chi connectivity index (χ0n) is 19.7. The molecule has 0 aromatic heterocycles. The van der Waals surface area contributed by atoms with E-state index in [4.69, 9.17) is 13.6 Å². The van der Waals surface area contributed by atoms with Gasteiger partial charge in [0.1, 0.15) is 5.75 Å². The monoisotopic (exact) mass is 424 g/mol. The first-order valence-corrected chi connectivity index (χ1v) is 13.0. The third kappa shape index (κ3) is 12.6. The van der Waals surface area contributed by atoms with Gasteiger partial charge in [0.25, 0.3) is 0 Å². The Bertz CT molecular complexity index is 492. The Balaban J connectivity index is 2.46. The largest absolute Gasteiger partial charge is 0.426 e. The molecule has 0 atom stereocenters. The van der Waals surface area contributed by atoms with Crippen LogP contribution in [0, 0.1) is 20.8 Å². The molecule has 3 nitrogen and oxygen atoms in total. The van der Waals surface area contributed by atoms with Gasteiger partial charge in [-0.1, -0.05) is 95.8 Å². The van der Waals surface area contributed by atoms with E-state index in [0.717, 1.165) is 42.9 Å². The molecule has 0 radical (unpaired) electrons. The summed E-state index contributed by atoms with van der Waals surface area (Å²) in [6.45, 7) is 12.3. The van der Waals surface area contributed by atoms with Crippen LogP contribution in [0.3, 0.4) is 0 Å². The van der Waals surface area contributed by atoms with Gasteiger partial charge in [0.05, 0.1) is 13.2 Å². The van der Waals surface area contributed by atoms with Gasteiger partial charge in [-0.15, -0.1) is 0 Å². The molecule has 29 heavy (non-hydrogen) atoms. The molecular weight excluding hydrogens is 379 g/mol. The predicted octanol–water partition coefficient (Wildman–Crippen LogP) is 8.97. The van der Waals surface area contributed by atoms with Crippen molar-refractivity contribution in [1.29, 1.82) is 0 Å². The molecule has 1 rings (SSSR count).